The van der Waals surface area contributed by atoms with E-state index < -0.39 is 10.0 Å². The Morgan fingerprint density at radius 1 is 0.875 bits per heavy atom. The van der Waals surface area contributed by atoms with Crippen LogP contribution >= 0.6 is 11.6 Å². The van der Waals surface area contributed by atoms with Crippen LogP contribution in [0, 0.1) is 0 Å². The first-order valence-electron chi connectivity index (χ1n) is 10.2. The lowest BCUT2D eigenvalue weighted by molar-refractivity contribution is -0.128. The number of amides is 1. The van der Waals surface area contributed by atoms with Gasteiger partial charge in [-0.3, -0.25) is 4.79 Å². The summed E-state index contributed by atoms with van der Waals surface area (Å²) >= 11 is 6.04. The molecule has 3 aliphatic heterocycles. The van der Waals surface area contributed by atoms with Gasteiger partial charge < -0.3 is 19.1 Å². The normalized spacial score (nSPS) is 18.4. The number of hydrogen-bond donors (Lipinski definition) is 0. The molecule has 0 unspecified atom stereocenters. The lowest BCUT2D eigenvalue weighted by Crippen LogP contribution is -2.51. The van der Waals surface area contributed by atoms with Gasteiger partial charge in [-0.1, -0.05) is 11.6 Å². The van der Waals surface area contributed by atoms with Crippen molar-refractivity contribution in [2.45, 2.75) is 4.90 Å². The minimum absolute atomic E-state index is 0.151. The molecule has 168 valence electrons. The van der Waals surface area contributed by atoms with Gasteiger partial charge in [0.2, 0.25) is 10.0 Å². The van der Waals surface area contributed by atoms with E-state index in [4.69, 9.17) is 25.8 Å². The maximum absolute atomic E-state index is 13.1. The summed E-state index contributed by atoms with van der Waals surface area (Å²) in [6, 6.07) is 9.89. The Kier molecular flexibility index (Phi) is 5.48. The van der Waals surface area contributed by atoms with Gasteiger partial charge in [-0.15, -0.1) is 0 Å². The zero-order valence-electron chi connectivity index (χ0n) is 17.1. The predicted octanol–water partition coefficient (Wildman–Crippen LogP) is 2.42. The molecule has 2 aromatic carbocycles. The van der Waals surface area contributed by atoms with Crippen LogP contribution in [0.25, 0.3) is 6.08 Å². The molecule has 0 saturated carbocycles. The highest BCUT2D eigenvalue weighted by molar-refractivity contribution is 7.89. The standard InChI is InChI=1S/C22H21ClN2O6S/c23-17-1-3-19-15(12-17)11-16(14-31-19)22(26)24-5-7-25(8-6-24)32(27,28)18-2-4-20-21(13-18)30-10-9-29-20/h1-4,11-13H,5-10,14H2. The number of carbonyl (C=O) groups excluding carboxylic acids is 1. The van der Waals surface area contributed by atoms with Crippen molar-refractivity contribution < 1.29 is 27.4 Å². The van der Waals surface area contributed by atoms with Gasteiger partial charge in [-0.05, 0) is 36.4 Å². The molecule has 5 rings (SSSR count). The summed E-state index contributed by atoms with van der Waals surface area (Å²) in [7, 11) is -3.71. The van der Waals surface area contributed by atoms with Crippen LogP contribution in [0.15, 0.2) is 46.9 Å². The van der Waals surface area contributed by atoms with Crippen LogP contribution in [0.3, 0.4) is 0 Å². The number of ether oxygens (including phenoxy) is 3. The van der Waals surface area contributed by atoms with E-state index in [0.717, 1.165) is 5.56 Å². The van der Waals surface area contributed by atoms with E-state index >= 15 is 0 Å². The third-order valence-corrected chi connectivity index (χ3v) is 7.77. The SMILES string of the molecule is O=C(C1=Cc2cc(Cl)ccc2OC1)N1CCN(S(=O)(=O)c2ccc3c(c2)OCCO3)CC1. The van der Waals surface area contributed by atoms with Crippen LogP contribution in [-0.2, 0) is 14.8 Å². The van der Waals surface area contributed by atoms with Crippen LogP contribution in [0.1, 0.15) is 5.56 Å². The lowest BCUT2D eigenvalue weighted by atomic mass is 10.1. The average Bonchev–Trinajstić information content (AvgIpc) is 2.83. The molecule has 8 nitrogen and oxygen atoms in total. The minimum Gasteiger partial charge on any atom is -0.488 e. The van der Waals surface area contributed by atoms with Crippen molar-refractivity contribution in [3.05, 3.63) is 52.6 Å². The minimum atomic E-state index is -3.71. The molecule has 3 heterocycles. The first-order chi connectivity index (χ1) is 15.4. The van der Waals surface area contributed by atoms with Crippen LogP contribution in [0.2, 0.25) is 5.02 Å². The van der Waals surface area contributed by atoms with Crippen molar-refractivity contribution in [3.63, 3.8) is 0 Å². The number of nitrogens with zero attached hydrogens (tertiary/aromatic N) is 2. The molecule has 0 radical (unpaired) electrons. The Hall–Kier alpha value is -2.75. The second-order valence-corrected chi connectivity index (χ2v) is 10.0. The number of sulfonamides is 1. The van der Waals surface area contributed by atoms with E-state index in [9.17, 15) is 13.2 Å². The van der Waals surface area contributed by atoms with Crippen molar-refractivity contribution in [3.8, 4) is 17.2 Å². The van der Waals surface area contributed by atoms with Crippen molar-refractivity contribution >= 4 is 33.6 Å². The topological polar surface area (TPSA) is 85.4 Å². The summed E-state index contributed by atoms with van der Waals surface area (Å²) in [6.07, 6.45) is 1.78. The Morgan fingerprint density at radius 2 is 1.59 bits per heavy atom. The summed E-state index contributed by atoms with van der Waals surface area (Å²) in [6.45, 7) is 1.99. The molecule has 32 heavy (non-hydrogen) atoms. The fourth-order valence-corrected chi connectivity index (χ4v) is 5.56. The summed E-state index contributed by atoms with van der Waals surface area (Å²) in [5, 5.41) is 0.565. The van der Waals surface area contributed by atoms with Gasteiger partial charge in [0, 0.05) is 42.8 Å². The van der Waals surface area contributed by atoms with Crippen LogP contribution in [0.4, 0.5) is 0 Å². The second-order valence-electron chi connectivity index (χ2n) is 7.64. The highest BCUT2D eigenvalue weighted by atomic mass is 35.5. The Morgan fingerprint density at radius 3 is 2.38 bits per heavy atom. The number of fused-ring (bicyclic) bond motifs is 2. The number of benzene rings is 2. The highest BCUT2D eigenvalue weighted by Gasteiger charge is 2.32. The van der Waals surface area contributed by atoms with E-state index in [0.29, 0.717) is 54.1 Å². The van der Waals surface area contributed by atoms with Gasteiger partial charge in [0.05, 0.1) is 10.5 Å². The molecule has 0 aromatic heterocycles. The third-order valence-electron chi connectivity index (χ3n) is 5.64. The molecule has 0 N–H and O–H groups in total. The van der Waals surface area contributed by atoms with Crippen LogP contribution < -0.4 is 14.2 Å². The van der Waals surface area contributed by atoms with Crippen molar-refractivity contribution in [1.82, 2.24) is 9.21 Å². The predicted molar refractivity (Wildman–Crippen MR) is 118 cm³/mol. The number of carbonyl (C=O) groups is 1. The molecule has 1 amide bonds. The van der Waals surface area contributed by atoms with Crippen LogP contribution in [-0.4, -0.2) is 69.5 Å². The highest BCUT2D eigenvalue weighted by Crippen LogP contribution is 2.34. The quantitative estimate of drug-likeness (QED) is 0.676. The van der Waals surface area contributed by atoms with Gasteiger partial charge in [-0.2, -0.15) is 4.31 Å². The number of rotatable bonds is 3. The van der Waals surface area contributed by atoms with Crippen molar-refractivity contribution in [1.29, 1.82) is 0 Å². The first kappa shape index (κ1) is 21.1. The van der Waals surface area contributed by atoms with Gasteiger partial charge in [0.1, 0.15) is 25.6 Å². The smallest absolute Gasteiger partial charge is 0.253 e. The molecule has 1 fully saturated rings. The van der Waals surface area contributed by atoms with E-state index in [1.807, 2.05) is 0 Å². The molecule has 0 aliphatic carbocycles. The van der Waals surface area contributed by atoms with E-state index in [1.54, 1.807) is 35.2 Å². The Bertz CT molecular complexity index is 1200. The molecule has 2 aromatic rings. The molecular weight excluding hydrogens is 456 g/mol. The van der Waals surface area contributed by atoms with E-state index in [1.165, 1.54) is 16.4 Å². The number of halogens is 1. The molecule has 0 bridgehead atoms. The van der Waals surface area contributed by atoms with Crippen molar-refractivity contribution in [2.24, 2.45) is 0 Å². The summed E-state index contributed by atoms with van der Waals surface area (Å²) in [5.74, 6) is 1.49. The first-order valence-corrected chi connectivity index (χ1v) is 12.1. The van der Waals surface area contributed by atoms with Gasteiger partial charge in [0.25, 0.3) is 5.91 Å². The van der Waals surface area contributed by atoms with Gasteiger partial charge >= 0.3 is 0 Å². The fraction of sp³-hybridized carbons (Fsp3) is 0.318. The molecular formula is C22H21ClN2O6S. The Balaban J connectivity index is 1.27. The molecule has 10 heteroatoms. The molecule has 0 atom stereocenters. The summed E-state index contributed by atoms with van der Waals surface area (Å²) in [4.78, 5) is 14.8. The van der Waals surface area contributed by atoms with E-state index in [2.05, 4.69) is 0 Å². The Labute approximate surface area is 191 Å². The zero-order chi connectivity index (χ0) is 22.3. The fourth-order valence-electron chi connectivity index (χ4n) is 3.94. The molecule has 1 saturated heterocycles. The summed E-state index contributed by atoms with van der Waals surface area (Å²) in [5.41, 5.74) is 1.27. The monoisotopic (exact) mass is 476 g/mol. The van der Waals surface area contributed by atoms with Crippen molar-refractivity contribution in [2.75, 3.05) is 46.0 Å². The zero-order valence-corrected chi connectivity index (χ0v) is 18.7. The maximum Gasteiger partial charge on any atom is 0.253 e. The number of piperazine rings is 1. The van der Waals surface area contributed by atoms with Gasteiger partial charge in [-0.25, -0.2) is 8.42 Å². The molecule has 0 spiro atoms. The second kappa shape index (κ2) is 8.31. The van der Waals surface area contributed by atoms with E-state index in [-0.39, 0.29) is 30.5 Å². The average molecular weight is 477 g/mol. The number of hydrogen-bond acceptors (Lipinski definition) is 6. The maximum atomic E-state index is 13.1. The largest absolute Gasteiger partial charge is 0.488 e. The third kappa shape index (κ3) is 3.92. The summed E-state index contributed by atoms with van der Waals surface area (Å²) < 4.78 is 44.2. The van der Waals surface area contributed by atoms with Crippen LogP contribution in [0.5, 0.6) is 17.2 Å². The lowest BCUT2D eigenvalue weighted by Gasteiger charge is -2.35. The van der Waals surface area contributed by atoms with Gasteiger partial charge in [0.15, 0.2) is 11.5 Å². The molecule has 3 aliphatic rings.